The number of rotatable bonds is 3. The van der Waals surface area contributed by atoms with E-state index in [9.17, 15) is 17.6 Å². The van der Waals surface area contributed by atoms with Gasteiger partial charge in [-0.05, 0) is 43.2 Å². The van der Waals surface area contributed by atoms with Crippen molar-refractivity contribution in [3.63, 3.8) is 0 Å². The van der Waals surface area contributed by atoms with Crippen molar-refractivity contribution in [2.45, 2.75) is 26.6 Å². The normalized spacial score (nSPS) is 11.7. The van der Waals surface area contributed by atoms with Crippen LogP contribution in [0.1, 0.15) is 22.4 Å². The molecule has 4 rings (SSSR count). The summed E-state index contributed by atoms with van der Waals surface area (Å²) < 4.78 is 52.7. The third-order valence-corrected chi connectivity index (χ3v) is 5.69. The van der Waals surface area contributed by atoms with Crippen LogP contribution >= 0.6 is 23.7 Å². The topological polar surface area (TPSA) is 50.7 Å². The summed E-state index contributed by atoms with van der Waals surface area (Å²) in [6, 6.07) is 4.79. The van der Waals surface area contributed by atoms with Gasteiger partial charge >= 0.3 is 6.18 Å². The SMILES string of the molecule is Cc1nnc2sc3c(NCc4ccc(C(F)(F)F)c(F)c4)nccc3c2c1C.Cl. The van der Waals surface area contributed by atoms with E-state index in [1.165, 1.54) is 17.4 Å². The van der Waals surface area contributed by atoms with Crippen molar-refractivity contribution in [3.05, 3.63) is 58.7 Å². The highest BCUT2D eigenvalue weighted by Crippen LogP contribution is 2.38. The molecule has 1 aromatic carbocycles. The first-order chi connectivity index (χ1) is 13.3. The van der Waals surface area contributed by atoms with E-state index < -0.39 is 17.6 Å². The molecular formula is C19H15ClF4N4S. The molecule has 0 aliphatic heterocycles. The Bertz CT molecular complexity index is 1210. The molecule has 0 amide bonds. The number of benzene rings is 1. The van der Waals surface area contributed by atoms with Crippen LogP contribution in [0.5, 0.6) is 0 Å². The number of alkyl halides is 3. The van der Waals surface area contributed by atoms with Gasteiger partial charge in [-0.3, -0.25) is 0 Å². The Balaban J connectivity index is 0.00000240. The molecule has 0 atom stereocenters. The van der Waals surface area contributed by atoms with Crippen molar-refractivity contribution >= 4 is 49.9 Å². The zero-order valence-corrected chi connectivity index (χ0v) is 16.9. The zero-order valence-electron chi connectivity index (χ0n) is 15.3. The Morgan fingerprint density at radius 2 is 1.86 bits per heavy atom. The van der Waals surface area contributed by atoms with Gasteiger partial charge in [0, 0.05) is 23.5 Å². The van der Waals surface area contributed by atoms with Crippen molar-refractivity contribution < 1.29 is 17.6 Å². The fourth-order valence-corrected chi connectivity index (χ4v) is 4.17. The first-order valence-electron chi connectivity index (χ1n) is 8.36. The van der Waals surface area contributed by atoms with Crippen LogP contribution in [0.4, 0.5) is 23.4 Å². The van der Waals surface area contributed by atoms with Crippen LogP contribution in [0.25, 0.3) is 20.3 Å². The fraction of sp³-hybridized carbons (Fsp3) is 0.211. The van der Waals surface area contributed by atoms with E-state index in [4.69, 9.17) is 0 Å². The van der Waals surface area contributed by atoms with E-state index in [0.717, 1.165) is 43.7 Å². The highest BCUT2D eigenvalue weighted by atomic mass is 35.5. The van der Waals surface area contributed by atoms with Crippen molar-refractivity contribution in [3.8, 4) is 0 Å². The van der Waals surface area contributed by atoms with Gasteiger partial charge in [0.15, 0.2) is 0 Å². The summed E-state index contributed by atoms with van der Waals surface area (Å²) in [6.07, 6.45) is -3.06. The van der Waals surface area contributed by atoms with Gasteiger partial charge in [0.05, 0.1) is 16.0 Å². The van der Waals surface area contributed by atoms with Crippen LogP contribution in [0.2, 0.25) is 0 Å². The largest absolute Gasteiger partial charge is 0.419 e. The Morgan fingerprint density at radius 1 is 1.10 bits per heavy atom. The number of pyridine rings is 1. The molecule has 4 aromatic rings. The molecule has 10 heteroatoms. The second-order valence-electron chi connectivity index (χ2n) is 6.39. The number of nitrogens with zero attached hydrogens (tertiary/aromatic N) is 3. The molecule has 0 radical (unpaired) electrons. The lowest BCUT2D eigenvalue weighted by Gasteiger charge is -2.10. The molecule has 0 aliphatic rings. The molecule has 0 bridgehead atoms. The van der Waals surface area contributed by atoms with E-state index in [-0.39, 0.29) is 19.0 Å². The third-order valence-electron chi connectivity index (χ3n) is 4.59. The van der Waals surface area contributed by atoms with Gasteiger partial charge < -0.3 is 5.32 Å². The number of aromatic nitrogens is 3. The zero-order chi connectivity index (χ0) is 20.1. The molecular weight excluding hydrogens is 428 g/mol. The van der Waals surface area contributed by atoms with E-state index in [0.29, 0.717) is 11.4 Å². The van der Waals surface area contributed by atoms with Crippen LogP contribution < -0.4 is 5.32 Å². The van der Waals surface area contributed by atoms with Crippen molar-refractivity contribution in [2.75, 3.05) is 5.32 Å². The number of fused-ring (bicyclic) bond motifs is 3. The quantitative estimate of drug-likeness (QED) is 0.392. The molecule has 152 valence electrons. The number of nitrogens with one attached hydrogen (secondary N) is 1. The van der Waals surface area contributed by atoms with Gasteiger partial charge in [-0.15, -0.1) is 28.8 Å². The molecule has 29 heavy (non-hydrogen) atoms. The monoisotopic (exact) mass is 442 g/mol. The molecule has 0 saturated heterocycles. The van der Waals surface area contributed by atoms with Crippen LogP contribution in [0, 0.1) is 19.7 Å². The predicted octanol–water partition coefficient (Wildman–Crippen LogP) is 6.05. The van der Waals surface area contributed by atoms with Crippen molar-refractivity contribution in [1.82, 2.24) is 15.2 Å². The van der Waals surface area contributed by atoms with Gasteiger partial charge in [-0.2, -0.15) is 18.3 Å². The lowest BCUT2D eigenvalue weighted by Crippen LogP contribution is -2.09. The Kier molecular flexibility index (Phi) is 5.64. The number of halogens is 5. The minimum absolute atomic E-state index is 0. The van der Waals surface area contributed by atoms with E-state index in [2.05, 4.69) is 20.5 Å². The number of hydrogen-bond acceptors (Lipinski definition) is 5. The smallest absolute Gasteiger partial charge is 0.365 e. The van der Waals surface area contributed by atoms with Crippen LogP contribution in [0.3, 0.4) is 0 Å². The summed E-state index contributed by atoms with van der Waals surface area (Å²) in [7, 11) is 0. The molecule has 3 heterocycles. The summed E-state index contributed by atoms with van der Waals surface area (Å²) in [5.41, 5.74) is 1.000. The van der Waals surface area contributed by atoms with Gasteiger partial charge in [-0.1, -0.05) is 6.07 Å². The first kappa shape index (κ1) is 21.2. The third kappa shape index (κ3) is 3.84. The number of aryl methyl sites for hydroxylation is 2. The fourth-order valence-electron chi connectivity index (χ4n) is 3.03. The molecule has 1 N–H and O–H groups in total. The van der Waals surface area contributed by atoms with Gasteiger partial charge in [0.2, 0.25) is 0 Å². The Hall–Kier alpha value is -2.52. The maximum Gasteiger partial charge on any atom is 0.419 e. The maximum absolute atomic E-state index is 13.8. The summed E-state index contributed by atoms with van der Waals surface area (Å²) in [4.78, 5) is 5.11. The maximum atomic E-state index is 13.8. The summed E-state index contributed by atoms with van der Waals surface area (Å²) in [5.74, 6) is -0.723. The number of thiophene rings is 1. The minimum atomic E-state index is -4.71. The highest BCUT2D eigenvalue weighted by Gasteiger charge is 2.33. The van der Waals surface area contributed by atoms with Gasteiger partial charge in [0.1, 0.15) is 16.5 Å². The summed E-state index contributed by atoms with van der Waals surface area (Å²) in [5, 5.41) is 13.5. The van der Waals surface area contributed by atoms with Gasteiger partial charge in [-0.25, -0.2) is 9.37 Å². The highest BCUT2D eigenvalue weighted by molar-refractivity contribution is 7.26. The Labute approximate surface area is 173 Å². The number of anilines is 1. The minimum Gasteiger partial charge on any atom is -0.365 e. The molecule has 0 aliphatic carbocycles. The molecule has 0 fully saturated rings. The molecule has 0 saturated carbocycles. The van der Waals surface area contributed by atoms with Crippen LogP contribution in [0.15, 0.2) is 30.5 Å². The second-order valence-corrected chi connectivity index (χ2v) is 7.39. The lowest BCUT2D eigenvalue weighted by atomic mass is 10.1. The van der Waals surface area contributed by atoms with Crippen LogP contribution in [-0.4, -0.2) is 15.2 Å². The lowest BCUT2D eigenvalue weighted by molar-refractivity contribution is -0.140. The van der Waals surface area contributed by atoms with E-state index in [1.807, 2.05) is 19.9 Å². The predicted molar refractivity (Wildman–Crippen MR) is 108 cm³/mol. The van der Waals surface area contributed by atoms with E-state index in [1.54, 1.807) is 6.20 Å². The summed E-state index contributed by atoms with van der Waals surface area (Å²) >= 11 is 1.43. The second kappa shape index (κ2) is 7.72. The van der Waals surface area contributed by atoms with Crippen molar-refractivity contribution in [2.24, 2.45) is 0 Å². The Morgan fingerprint density at radius 3 is 2.55 bits per heavy atom. The average molecular weight is 443 g/mol. The standard InChI is InChI=1S/C19H14F4N4S.ClH/c1-9-10(2)26-27-18-15(9)12-5-6-24-17(16(12)28-18)25-8-11-3-4-13(14(20)7-11)19(21,22)23;/h3-7H,8H2,1-2H3,(H,24,25);1H. The van der Waals surface area contributed by atoms with Crippen LogP contribution in [-0.2, 0) is 12.7 Å². The molecule has 3 aromatic heterocycles. The van der Waals surface area contributed by atoms with E-state index >= 15 is 0 Å². The molecule has 0 spiro atoms. The average Bonchev–Trinajstić information content (AvgIpc) is 3.02. The summed E-state index contributed by atoms with van der Waals surface area (Å²) in [6.45, 7) is 4.01. The molecule has 0 unspecified atom stereocenters. The van der Waals surface area contributed by atoms with Gasteiger partial charge in [0.25, 0.3) is 0 Å². The first-order valence-corrected chi connectivity index (χ1v) is 9.18. The molecule has 4 nitrogen and oxygen atoms in total. The van der Waals surface area contributed by atoms with Crippen molar-refractivity contribution in [1.29, 1.82) is 0 Å². The number of hydrogen-bond donors (Lipinski definition) is 1.